The summed E-state index contributed by atoms with van der Waals surface area (Å²) in [6, 6.07) is 0. The Kier molecular flexibility index (Phi) is 7.90. The van der Waals surface area contributed by atoms with Gasteiger partial charge in [-0.15, -0.1) is 0 Å². The molecular formula is C4H12O3Si4. The lowest BCUT2D eigenvalue weighted by Gasteiger charge is -2.13. The average molecular weight is 220 g/mol. The molecule has 7 heteroatoms. The molecule has 0 aliphatic carbocycles. The lowest BCUT2D eigenvalue weighted by Crippen LogP contribution is -2.30. The molecule has 11 heavy (non-hydrogen) atoms. The SMILES string of the molecule is C[Si]O[Si](C)O[Si](C)O[Si]C. The van der Waals surface area contributed by atoms with E-state index in [2.05, 4.69) is 0 Å². The fourth-order valence-electron chi connectivity index (χ4n) is 0.532. The predicted molar refractivity (Wildman–Crippen MR) is 49.7 cm³/mol. The van der Waals surface area contributed by atoms with Crippen LogP contribution < -0.4 is 0 Å². The van der Waals surface area contributed by atoms with Gasteiger partial charge in [0.05, 0.1) is 0 Å². The Balaban J connectivity index is 3.32. The molecule has 0 fully saturated rings. The first-order valence-corrected chi connectivity index (χ1v) is 9.67. The van der Waals surface area contributed by atoms with E-state index in [1.54, 1.807) is 0 Å². The van der Waals surface area contributed by atoms with Crippen LogP contribution in [0.4, 0.5) is 0 Å². The fourth-order valence-corrected chi connectivity index (χ4v) is 5.53. The Bertz CT molecular complexity index is 83.4. The molecule has 0 spiro atoms. The van der Waals surface area contributed by atoms with Crippen molar-refractivity contribution >= 4 is 38.1 Å². The maximum Gasteiger partial charge on any atom is 0.360 e. The Morgan fingerprint density at radius 3 is 1.55 bits per heavy atom. The lowest BCUT2D eigenvalue weighted by atomic mass is 11.9. The van der Waals surface area contributed by atoms with Crippen LogP contribution in [0.1, 0.15) is 0 Å². The van der Waals surface area contributed by atoms with Gasteiger partial charge in [-0.05, 0) is 26.2 Å². The van der Waals surface area contributed by atoms with Gasteiger partial charge in [-0.2, -0.15) is 0 Å². The van der Waals surface area contributed by atoms with E-state index < -0.39 is 18.6 Å². The molecular weight excluding hydrogens is 208 g/mol. The monoisotopic (exact) mass is 220 g/mol. The summed E-state index contributed by atoms with van der Waals surface area (Å²) in [5.74, 6) is 0. The summed E-state index contributed by atoms with van der Waals surface area (Å²) < 4.78 is 16.1. The highest BCUT2D eigenvalue weighted by Gasteiger charge is 2.14. The van der Waals surface area contributed by atoms with Gasteiger partial charge in [0, 0.05) is 0 Å². The molecule has 0 aromatic heterocycles. The van der Waals surface area contributed by atoms with Crippen molar-refractivity contribution < 1.29 is 12.3 Å². The van der Waals surface area contributed by atoms with Crippen molar-refractivity contribution in [3.63, 3.8) is 0 Å². The molecule has 0 heterocycles. The van der Waals surface area contributed by atoms with Crippen LogP contribution in [0.25, 0.3) is 0 Å². The minimum atomic E-state index is -1.02. The first kappa shape index (κ1) is 11.7. The minimum Gasteiger partial charge on any atom is -0.436 e. The van der Waals surface area contributed by atoms with Gasteiger partial charge in [0.1, 0.15) is 0 Å². The maximum absolute atomic E-state index is 5.50. The van der Waals surface area contributed by atoms with Crippen LogP contribution in [0.2, 0.25) is 26.2 Å². The van der Waals surface area contributed by atoms with Gasteiger partial charge < -0.3 is 12.3 Å². The molecule has 0 aromatic carbocycles. The van der Waals surface area contributed by atoms with Crippen LogP contribution in [-0.4, -0.2) is 38.1 Å². The summed E-state index contributed by atoms with van der Waals surface area (Å²) in [5, 5.41) is 0. The van der Waals surface area contributed by atoms with Crippen LogP contribution in [0.3, 0.4) is 0 Å². The molecule has 0 saturated heterocycles. The van der Waals surface area contributed by atoms with E-state index in [0.29, 0.717) is 19.5 Å². The van der Waals surface area contributed by atoms with Crippen molar-refractivity contribution in [1.29, 1.82) is 0 Å². The first-order chi connectivity index (χ1) is 5.20. The van der Waals surface area contributed by atoms with Crippen molar-refractivity contribution in [2.24, 2.45) is 0 Å². The third kappa shape index (κ3) is 7.12. The molecule has 0 rings (SSSR count). The molecule has 0 saturated carbocycles. The zero-order valence-corrected chi connectivity index (χ0v) is 11.2. The summed E-state index contributed by atoms with van der Waals surface area (Å²) in [4.78, 5) is 0. The summed E-state index contributed by atoms with van der Waals surface area (Å²) in [7, 11) is -1.00. The summed E-state index contributed by atoms with van der Waals surface area (Å²) in [5.41, 5.74) is 0. The highest BCUT2D eigenvalue weighted by molar-refractivity contribution is 6.63. The maximum atomic E-state index is 5.50. The van der Waals surface area contributed by atoms with E-state index in [0.717, 1.165) is 0 Å². The van der Waals surface area contributed by atoms with Crippen molar-refractivity contribution in [2.75, 3.05) is 0 Å². The zero-order chi connectivity index (χ0) is 8.69. The second-order valence-corrected chi connectivity index (χ2v) is 6.93. The van der Waals surface area contributed by atoms with Gasteiger partial charge in [-0.3, -0.25) is 0 Å². The van der Waals surface area contributed by atoms with Crippen molar-refractivity contribution in [1.82, 2.24) is 0 Å². The van der Waals surface area contributed by atoms with Crippen molar-refractivity contribution in [3.8, 4) is 0 Å². The molecule has 6 radical (unpaired) electrons. The van der Waals surface area contributed by atoms with Gasteiger partial charge in [-0.1, -0.05) is 0 Å². The van der Waals surface area contributed by atoms with Crippen LogP contribution in [0.15, 0.2) is 0 Å². The quantitative estimate of drug-likeness (QED) is 0.614. The molecule has 3 nitrogen and oxygen atoms in total. The van der Waals surface area contributed by atoms with E-state index in [1.807, 2.05) is 26.2 Å². The number of hydrogen-bond donors (Lipinski definition) is 0. The van der Waals surface area contributed by atoms with Crippen LogP contribution in [0, 0.1) is 0 Å². The summed E-state index contributed by atoms with van der Waals surface area (Å²) >= 11 is 0. The molecule has 0 unspecified atom stereocenters. The standard InChI is InChI=1S/C4H12O3Si4/c1-8-5-10(3)7-11(4)6-9-2/h1-4H3. The van der Waals surface area contributed by atoms with Crippen LogP contribution in [-0.2, 0) is 12.3 Å². The molecule has 62 valence electrons. The second kappa shape index (κ2) is 7.40. The molecule has 0 amide bonds. The highest BCUT2D eigenvalue weighted by atomic mass is 28.4. The molecule has 0 N–H and O–H groups in total. The fraction of sp³-hybridized carbons (Fsp3) is 1.00. The Morgan fingerprint density at radius 1 is 0.909 bits per heavy atom. The van der Waals surface area contributed by atoms with Crippen LogP contribution in [0.5, 0.6) is 0 Å². The van der Waals surface area contributed by atoms with E-state index in [9.17, 15) is 0 Å². The highest BCUT2D eigenvalue weighted by Crippen LogP contribution is 1.93. The van der Waals surface area contributed by atoms with E-state index in [4.69, 9.17) is 12.3 Å². The minimum absolute atomic E-state index is 0.523. The Labute approximate surface area is 77.0 Å². The largest absolute Gasteiger partial charge is 0.436 e. The number of hydrogen-bond acceptors (Lipinski definition) is 3. The van der Waals surface area contributed by atoms with Crippen molar-refractivity contribution in [3.05, 3.63) is 0 Å². The number of rotatable bonds is 6. The lowest BCUT2D eigenvalue weighted by molar-refractivity contribution is 0.394. The molecule has 0 atom stereocenters. The Morgan fingerprint density at radius 2 is 1.27 bits per heavy atom. The normalized spacial score (nSPS) is 11.5. The second-order valence-electron chi connectivity index (χ2n) is 1.70. The van der Waals surface area contributed by atoms with Gasteiger partial charge in [-0.25, -0.2) is 0 Å². The smallest absolute Gasteiger partial charge is 0.360 e. The first-order valence-electron chi connectivity index (χ1n) is 3.22. The molecule has 0 aromatic rings. The van der Waals surface area contributed by atoms with Gasteiger partial charge in [0.25, 0.3) is 0 Å². The van der Waals surface area contributed by atoms with Gasteiger partial charge >= 0.3 is 18.6 Å². The molecule has 0 aliphatic rings. The average Bonchev–Trinajstić information content (AvgIpc) is 1.87. The predicted octanol–water partition coefficient (Wildman–Crippen LogP) is 0.607. The third-order valence-electron chi connectivity index (χ3n) is 0.779. The van der Waals surface area contributed by atoms with E-state index in [-0.39, 0.29) is 0 Å². The van der Waals surface area contributed by atoms with E-state index >= 15 is 0 Å². The molecule has 0 aliphatic heterocycles. The van der Waals surface area contributed by atoms with E-state index in [1.165, 1.54) is 0 Å². The molecule has 0 bridgehead atoms. The van der Waals surface area contributed by atoms with Crippen LogP contribution >= 0.6 is 0 Å². The Hall–Kier alpha value is 0.748. The summed E-state index contributed by atoms with van der Waals surface area (Å²) in [6.45, 7) is 8.00. The third-order valence-corrected chi connectivity index (χ3v) is 7.01. The zero-order valence-electron chi connectivity index (χ0n) is 7.22. The van der Waals surface area contributed by atoms with Crippen molar-refractivity contribution in [2.45, 2.75) is 26.2 Å². The summed E-state index contributed by atoms with van der Waals surface area (Å²) in [6.07, 6.45) is 0. The topological polar surface area (TPSA) is 27.7 Å². The van der Waals surface area contributed by atoms with Gasteiger partial charge in [0.2, 0.25) is 19.5 Å². The van der Waals surface area contributed by atoms with Gasteiger partial charge in [0.15, 0.2) is 0 Å².